The molecule has 0 radical (unpaired) electrons. The molecule has 154 valence electrons. The Morgan fingerprint density at radius 1 is 1.03 bits per heavy atom. The van der Waals surface area contributed by atoms with Crippen LogP contribution in [0.25, 0.3) is 0 Å². The summed E-state index contributed by atoms with van der Waals surface area (Å²) in [5.41, 5.74) is 0.929. The van der Waals surface area contributed by atoms with E-state index in [1.165, 1.54) is 12.1 Å². The molecule has 0 spiro atoms. The van der Waals surface area contributed by atoms with Gasteiger partial charge in [-0.1, -0.05) is 6.07 Å². The number of carbonyl (C=O) groups is 1. The lowest BCUT2D eigenvalue weighted by Crippen LogP contribution is -2.47. The van der Waals surface area contributed by atoms with E-state index in [1.807, 2.05) is 18.2 Å². The number of nitrogens with zero attached hydrogens (tertiary/aromatic N) is 5. The molecule has 9 heteroatoms. The summed E-state index contributed by atoms with van der Waals surface area (Å²) < 4.78 is 5.47. The zero-order valence-electron chi connectivity index (χ0n) is 16.5. The van der Waals surface area contributed by atoms with E-state index in [4.69, 9.17) is 9.84 Å². The van der Waals surface area contributed by atoms with E-state index in [2.05, 4.69) is 30.1 Å². The van der Waals surface area contributed by atoms with Crippen LogP contribution in [0.5, 0.6) is 5.75 Å². The van der Waals surface area contributed by atoms with Crippen molar-refractivity contribution in [2.75, 3.05) is 48.4 Å². The molecule has 0 bridgehead atoms. The van der Waals surface area contributed by atoms with Crippen molar-refractivity contribution in [3.63, 3.8) is 0 Å². The van der Waals surface area contributed by atoms with Gasteiger partial charge in [-0.25, -0.2) is 14.8 Å². The maximum Gasteiger partial charge on any atom is 0.335 e. The highest BCUT2D eigenvalue weighted by atomic mass is 16.5. The number of methoxy groups -OCH3 is 1. The number of carboxylic acids is 1. The number of nitrogens with one attached hydrogen (secondary N) is 1. The minimum Gasteiger partial charge on any atom is -0.491 e. The Morgan fingerprint density at radius 2 is 1.77 bits per heavy atom. The second-order valence-corrected chi connectivity index (χ2v) is 6.76. The number of anilines is 4. The first-order valence-corrected chi connectivity index (χ1v) is 9.56. The van der Waals surface area contributed by atoms with Crippen molar-refractivity contribution in [3.05, 3.63) is 60.4 Å². The average Bonchev–Trinajstić information content (AvgIpc) is 2.80. The summed E-state index contributed by atoms with van der Waals surface area (Å²) in [7, 11) is 1.60. The van der Waals surface area contributed by atoms with Gasteiger partial charge in [-0.05, 0) is 36.4 Å². The summed E-state index contributed by atoms with van der Waals surface area (Å²) in [6.07, 6.45) is 3.44. The number of aromatic nitrogens is 3. The molecule has 1 aliphatic heterocycles. The van der Waals surface area contributed by atoms with Gasteiger partial charge in [0.05, 0.1) is 18.9 Å². The quantitative estimate of drug-likeness (QED) is 0.639. The van der Waals surface area contributed by atoms with E-state index in [0.717, 1.165) is 37.8 Å². The predicted octanol–water partition coefficient (Wildman–Crippen LogP) is 2.65. The van der Waals surface area contributed by atoms with Crippen LogP contribution < -0.4 is 19.9 Å². The average molecular weight is 406 g/mol. The van der Waals surface area contributed by atoms with Gasteiger partial charge in [0, 0.05) is 38.1 Å². The van der Waals surface area contributed by atoms with Gasteiger partial charge in [0.25, 0.3) is 0 Å². The molecule has 0 amide bonds. The lowest BCUT2D eigenvalue weighted by Gasteiger charge is -2.36. The van der Waals surface area contributed by atoms with Gasteiger partial charge in [-0.2, -0.15) is 4.98 Å². The number of hydrogen-bond donors (Lipinski definition) is 2. The number of benzene rings is 1. The van der Waals surface area contributed by atoms with Crippen molar-refractivity contribution in [3.8, 4) is 5.75 Å². The van der Waals surface area contributed by atoms with Crippen LogP contribution in [0.2, 0.25) is 0 Å². The van der Waals surface area contributed by atoms with E-state index in [9.17, 15) is 4.79 Å². The highest BCUT2D eigenvalue weighted by Crippen LogP contribution is 2.28. The fourth-order valence-corrected chi connectivity index (χ4v) is 3.31. The molecule has 3 heterocycles. The van der Waals surface area contributed by atoms with Gasteiger partial charge in [-0.3, -0.25) is 0 Å². The number of rotatable bonds is 6. The third kappa shape index (κ3) is 4.24. The minimum atomic E-state index is -0.964. The monoisotopic (exact) mass is 406 g/mol. The van der Waals surface area contributed by atoms with Crippen LogP contribution >= 0.6 is 0 Å². The largest absolute Gasteiger partial charge is 0.491 e. The van der Waals surface area contributed by atoms with Crippen LogP contribution in [0.3, 0.4) is 0 Å². The highest BCUT2D eigenvalue weighted by molar-refractivity contribution is 5.88. The lowest BCUT2D eigenvalue weighted by atomic mass is 10.2. The summed E-state index contributed by atoms with van der Waals surface area (Å²) in [5.74, 6) is 1.75. The molecule has 1 saturated heterocycles. The molecule has 3 aromatic rings. The Balaban J connectivity index is 1.48. The van der Waals surface area contributed by atoms with E-state index >= 15 is 0 Å². The van der Waals surface area contributed by atoms with Gasteiger partial charge < -0.3 is 25.0 Å². The van der Waals surface area contributed by atoms with Crippen molar-refractivity contribution in [2.24, 2.45) is 0 Å². The molecule has 0 unspecified atom stereocenters. The van der Waals surface area contributed by atoms with Crippen LogP contribution in [0, 0.1) is 0 Å². The molecule has 0 aliphatic carbocycles. The fourth-order valence-electron chi connectivity index (χ4n) is 3.31. The first-order valence-electron chi connectivity index (χ1n) is 9.56. The number of piperazine rings is 1. The molecule has 0 atom stereocenters. The molecule has 1 aliphatic rings. The van der Waals surface area contributed by atoms with Crippen LogP contribution in [0.1, 0.15) is 10.4 Å². The Kier molecular flexibility index (Phi) is 5.60. The van der Waals surface area contributed by atoms with Gasteiger partial charge in [0.2, 0.25) is 5.95 Å². The van der Waals surface area contributed by atoms with Gasteiger partial charge in [0.15, 0.2) is 11.6 Å². The van der Waals surface area contributed by atoms with Gasteiger partial charge in [-0.15, -0.1) is 0 Å². The molecular weight excluding hydrogens is 384 g/mol. The lowest BCUT2D eigenvalue weighted by molar-refractivity contribution is 0.0697. The maximum atomic E-state index is 11.0. The second-order valence-electron chi connectivity index (χ2n) is 6.76. The van der Waals surface area contributed by atoms with Gasteiger partial charge >= 0.3 is 5.97 Å². The molecule has 2 aromatic heterocycles. The maximum absolute atomic E-state index is 11.0. The molecule has 2 N–H and O–H groups in total. The smallest absolute Gasteiger partial charge is 0.335 e. The molecular formula is C21H22N6O3. The summed E-state index contributed by atoms with van der Waals surface area (Å²) in [6.45, 7) is 3.19. The van der Waals surface area contributed by atoms with Crippen LogP contribution in [0.15, 0.2) is 54.9 Å². The zero-order chi connectivity index (χ0) is 20.9. The summed E-state index contributed by atoms with van der Waals surface area (Å²) in [4.78, 5) is 28.8. The Hall–Kier alpha value is -3.88. The number of pyridine rings is 1. The van der Waals surface area contributed by atoms with Crippen molar-refractivity contribution < 1.29 is 14.6 Å². The van der Waals surface area contributed by atoms with Crippen molar-refractivity contribution in [1.29, 1.82) is 0 Å². The Bertz CT molecular complexity index is 1010. The van der Waals surface area contributed by atoms with Crippen LogP contribution in [0.4, 0.5) is 23.3 Å². The van der Waals surface area contributed by atoms with E-state index in [1.54, 1.807) is 31.6 Å². The molecule has 4 rings (SSSR count). The second kappa shape index (κ2) is 8.64. The Labute approximate surface area is 174 Å². The predicted molar refractivity (Wildman–Crippen MR) is 114 cm³/mol. The highest BCUT2D eigenvalue weighted by Gasteiger charge is 2.22. The number of hydrogen-bond acceptors (Lipinski definition) is 8. The minimum absolute atomic E-state index is 0.225. The van der Waals surface area contributed by atoms with Crippen molar-refractivity contribution in [2.45, 2.75) is 0 Å². The normalized spacial score (nSPS) is 13.8. The van der Waals surface area contributed by atoms with E-state index < -0.39 is 5.97 Å². The van der Waals surface area contributed by atoms with Crippen LogP contribution in [-0.4, -0.2) is 59.3 Å². The molecule has 30 heavy (non-hydrogen) atoms. The Morgan fingerprint density at radius 3 is 2.40 bits per heavy atom. The van der Waals surface area contributed by atoms with Crippen LogP contribution in [-0.2, 0) is 0 Å². The molecule has 0 saturated carbocycles. The molecule has 1 aromatic carbocycles. The molecule has 1 fully saturated rings. The zero-order valence-corrected chi connectivity index (χ0v) is 16.5. The fraction of sp³-hybridized carbons (Fsp3) is 0.238. The SMILES string of the molecule is COc1cnc(Nc2ccc(C(=O)O)cc2)nc1N1CCN(c2ccccn2)CC1. The summed E-state index contributed by atoms with van der Waals surface area (Å²) in [6, 6.07) is 12.3. The first-order chi connectivity index (χ1) is 14.6. The third-order valence-corrected chi connectivity index (χ3v) is 4.90. The van der Waals surface area contributed by atoms with Crippen molar-refractivity contribution in [1.82, 2.24) is 15.0 Å². The standard InChI is InChI=1S/C21H22N6O3/c1-30-17-14-23-21(24-16-7-5-15(6-8-16)20(28)29)25-19(17)27-12-10-26(11-13-27)18-4-2-3-9-22-18/h2-9,14H,10-13H2,1H3,(H,28,29)(H,23,24,25). The first kappa shape index (κ1) is 19.4. The number of ether oxygens (including phenoxy) is 1. The van der Waals surface area contributed by atoms with Crippen molar-refractivity contribution >= 4 is 29.2 Å². The number of carboxylic acid groups (broad SMARTS) is 1. The summed E-state index contributed by atoms with van der Waals surface area (Å²) in [5, 5.41) is 12.1. The number of aromatic carboxylic acids is 1. The molecule has 9 nitrogen and oxygen atoms in total. The van der Waals surface area contributed by atoms with Gasteiger partial charge in [0.1, 0.15) is 5.82 Å². The van der Waals surface area contributed by atoms with E-state index in [-0.39, 0.29) is 5.56 Å². The summed E-state index contributed by atoms with van der Waals surface area (Å²) >= 11 is 0. The third-order valence-electron chi connectivity index (χ3n) is 4.90. The topological polar surface area (TPSA) is 104 Å². The van der Waals surface area contributed by atoms with E-state index in [0.29, 0.717) is 17.4 Å².